The monoisotopic (exact) mass is 234 g/mol. The van der Waals surface area contributed by atoms with Gasteiger partial charge < -0.3 is 15.4 Å². The van der Waals surface area contributed by atoms with Crippen LogP contribution in [0.25, 0.3) is 0 Å². The molecule has 0 aromatic carbocycles. The highest BCUT2D eigenvalue weighted by Gasteiger charge is 2.40. The summed E-state index contributed by atoms with van der Waals surface area (Å²) < 4.78 is 5.13. The number of nitrogens with two attached hydrogens (primary N) is 1. The van der Waals surface area contributed by atoms with Crippen molar-refractivity contribution in [1.29, 1.82) is 0 Å². The van der Waals surface area contributed by atoms with Crippen molar-refractivity contribution in [2.75, 3.05) is 12.0 Å². The molecule has 3 heterocycles. The van der Waals surface area contributed by atoms with E-state index in [0.717, 1.165) is 18.7 Å². The third kappa shape index (κ3) is 1.84. The molecule has 0 radical (unpaired) electrons. The zero-order chi connectivity index (χ0) is 11.8. The molecule has 2 bridgehead atoms. The highest BCUT2D eigenvalue weighted by Crippen LogP contribution is 2.38. The number of rotatable bonds is 2. The van der Waals surface area contributed by atoms with Gasteiger partial charge in [0, 0.05) is 18.1 Å². The van der Waals surface area contributed by atoms with E-state index < -0.39 is 0 Å². The second kappa shape index (κ2) is 4.14. The van der Waals surface area contributed by atoms with Gasteiger partial charge in [-0.15, -0.1) is 0 Å². The Morgan fingerprint density at radius 1 is 1.29 bits per heavy atom. The Hall–Kier alpha value is -1.36. The first kappa shape index (κ1) is 10.8. The first-order chi connectivity index (χ1) is 8.28. The van der Waals surface area contributed by atoms with E-state index in [1.807, 2.05) is 6.20 Å². The van der Waals surface area contributed by atoms with Crippen molar-refractivity contribution in [2.24, 2.45) is 5.73 Å². The van der Waals surface area contributed by atoms with E-state index in [9.17, 15) is 0 Å². The lowest BCUT2D eigenvalue weighted by Crippen LogP contribution is -2.47. The van der Waals surface area contributed by atoms with Gasteiger partial charge in [-0.1, -0.05) is 0 Å². The fourth-order valence-corrected chi connectivity index (χ4v) is 3.15. The van der Waals surface area contributed by atoms with E-state index in [1.165, 1.54) is 12.8 Å². The van der Waals surface area contributed by atoms with Crippen LogP contribution in [0.15, 0.2) is 12.4 Å². The van der Waals surface area contributed by atoms with Gasteiger partial charge in [-0.3, -0.25) is 4.98 Å². The van der Waals surface area contributed by atoms with E-state index >= 15 is 0 Å². The average molecular weight is 234 g/mol. The van der Waals surface area contributed by atoms with Gasteiger partial charge >= 0.3 is 0 Å². The summed E-state index contributed by atoms with van der Waals surface area (Å²) in [6.45, 7) is 0. The quantitative estimate of drug-likeness (QED) is 0.825. The van der Waals surface area contributed by atoms with E-state index in [-0.39, 0.29) is 0 Å². The van der Waals surface area contributed by atoms with Crippen LogP contribution in [0.4, 0.5) is 5.82 Å². The highest BCUT2D eigenvalue weighted by molar-refractivity contribution is 5.43. The first-order valence-electron chi connectivity index (χ1n) is 6.18. The normalized spacial score (nSPS) is 31.6. The summed E-state index contributed by atoms with van der Waals surface area (Å²) in [6.07, 6.45) is 8.03. The van der Waals surface area contributed by atoms with E-state index in [1.54, 1.807) is 13.3 Å². The van der Waals surface area contributed by atoms with Crippen molar-refractivity contribution in [3.63, 3.8) is 0 Å². The molecule has 2 fully saturated rings. The van der Waals surface area contributed by atoms with Crippen LogP contribution in [0.2, 0.25) is 0 Å². The number of piperidine rings is 1. The Kier molecular flexibility index (Phi) is 2.63. The lowest BCUT2D eigenvalue weighted by atomic mass is 9.98. The van der Waals surface area contributed by atoms with Crippen LogP contribution in [0.3, 0.4) is 0 Å². The van der Waals surface area contributed by atoms with Gasteiger partial charge in [-0.25, -0.2) is 0 Å². The lowest BCUT2D eigenvalue weighted by molar-refractivity contribution is 0.387. The molecule has 17 heavy (non-hydrogen) atoms. The highest BCUT2D eigenvalue weighted by atomic mass is 16.5. The van der Waals surface area contributed by atoms with Crippen molar-refractivity contribution in [2.45, 2.75) is 43.8 Å². The van der Waals surface area contributed by atoms with Crippen LogP contribution in [-0.2, 0) is 0 Å². The summed E-state index contributed by atoms with van der Waals surface area (Å²) in [4.78, 5) is 11.1. The summed E-state index contributed by atoms with van der Waals surface area (Å²) in [5.41, 5.74) is 6.06. The number of hydrogen-bond acceptors (Lipinski definition) is 5. The smallest absolute Gasteiger partial charge is 0.233 e. The number of nitrogens with zero attached hydrogens (tertiary/aromatic N) is 3. The predicted molar refractivity (Wildman–Crippen MR) is 65.1 cm³/mol. The standard InChI is InChI=1S/C12H18N4O/c1-17-12-7-14-6-11(15-12)16-9-2-3-10(16)5-8(13)4-9/h6-10H,2-5,13H2,1H3. The van der Waals surface area contributed by atoms with Crippen molar-refractivity contribution in [1.82, 2.24) is 9.97 Å². The fourth-order valence-electron chi connectivity index (χ4n) is 3.15. The Balaban J connectivity index is 1.89. The Bertz CT molecular complexity index is 397. The molecule has 1 aromatic rings. The third-order valence-corrected chi connectivity index (χ3v) is 3.84. The van der Waals surface area contributed by atoms with Gasteiger partial charge in [-0.2, -0.15) is 4.98 Å². The van der Waals surface area contributed by atoms with Gasteiger partial charge in [0.2, 0.25) is 5.88 Å². The molecule has 3 rings (SSSR count). The van der Waals surface area contributed by atoms with E-state index in [4.69, 9.17) is 10.5 Å². The van der Waals surface area contributed by atoms with Crippen molar-refractivity contribution < 1.29 is 4.74 Å². The molecular formula is C12H18N4O. The average Bonchev–Trinajstić information content (AvgIpc) is 2.62. The number of methoxy groups -OCH3 is 1. The zero-order valence-electron chi connectivity index (χ0n) is 10.0. The molecule has 2 N–H and O–H groups in total. The van der Waals surface area contributed by atoms with Crippen LogP contribution >= 0.6 is 0 Å². The van der Waals surface area contributed by atoms with Crippen molar-refractivity contribution in [3.8, 4) is 5.88 Å². The molecule has 5 nitrogen and oxygen atoms in total. The van der Waals surface area contributed by atoms with Gasteiger partial charge in [0.1, 0.15) is 0 Å². The summed E-state index contributed by atoms with van der Waals surface area (Å²) in [6, 6.07) is 1.41. The number of hydrogen-bond donors (Lipinski definition) is 1. The van der Waals surface area contributed by atoms with Gasteiger partial charge in [0.15, 0.2) is 5.82 Å². The van der Waals surface area contributed by atoms with E-state index in [0.29, 0.717) is 24.0 Å². The third-order valence-electron chi connectivity index (χ3n) is 3.84. The van der Waals surface area contributed by atoms with Crippen LogP contribution in [0.1, 0.15) is 25.7 Å². The number of aromatic nitrogens is 2. The van der Waals surface area contributed by atoms with Crippen LogP contribution in [0, 0.1) is 0 Å². The van der Waals surface area contributed by atoms with Crippen LogP contribution < -0.4 is 15.4 Å². The summed E-state index contributed by atoms with van der Waals surface area (Å²) in [7, 11) is 1.62. The second-order valence-electron chi connectivity index (χ2n) is 4.94. The minimum Gasteiger partial charge on any atom is -0.480 e. The minimum atomic E-state index is 0.349. The fraction of sp³-hybridized carbons (Fsp3) is 0.667. The molecule has 0 spiro atoms. The number of fused-ring (bicyclic) bond motifs is 2. The molecule has 2 atom stereocenters. The van der Waals surface area contributed by atoms with Crippen molar-refractivity contribution >= 4 is 5.82 Å². The van der Waals surface area contributed by atoms with Crippen molar-refractivity contribution in [3.05, 3.63) is 12.4 Å². The molecule has 5 heteroatoms. The maximum atomic E-state index is 6.06. The summed E-state index contributed by atoms with van der Waals surface area (Å²) >= 11 is 0. The molecule has 1 aromatic heterocycles. The summed E-state index contributed by atoms with van der Waals surface area (Å²) in [5, 5.41) is 0. The molecule has 0 saturated carbocycles. The molecule has 2 unspecified atom stereocenters. The maximum Gasteiger partial charge on any atom is 0.233 e. The Labute approximate surface area is 101 Å². The molecule has 0 amide bonds. The van der Waals surface area contributed by atoms with Gasteiger partial charge in [-0.05, 0) is 25.7 Å². The van der Waals surface area contributed by atoms with E-state index in [2.05, 4.69) is 14.9 Å². The molecule has 0 aliphatic carbocycles. The van der Waals surface area contributed by atoms with Gasteiger partial charge in [0.05, 0.1) is 19.5 Å². The zero-order valence-corrected chi connectivity index (χ0v) is 10.0. The largest absolute Gasteiger partial charge is 0.480 e. The second-order valence-corrected chi connectivity index (χ2v) is 4.94. The maximum absolute atomic E-state index is 6.06. The Morgan fingerprint density at radius 2 is 2.00 bits per heavy atom. The molecule has 2 aliphatic rings. The minimum absolute atomic E-state index is 0.349. The van der Waals surface area contributed by atoms with Gasteiger partial charge in [0.25, 0.3) is 0 Å². The molecule has 92 valence electrons. The molecule has 2 saturated heterocycles. The van der Waals surface area contributed by atoms with Crippen LogP contribution in [0.5, 0.6) is 5.88 Å². The summed E-state index contributed by atoms with van der Waals surface area (Å²) in [5.74, 6) is 1.51. The SMILES string of the molecule is COc1cncc(N2C3CCC2CC(N)C3)n1. The molecular weight excluding hydrogens is 216 g/mol. The molecule has 2 aliphatic heterocycles. The predicted octanol–water partition coefficient (Wildman–Crippen LogP) is 0.944. The van der Waals surface area contributed by atoms with Crippen LogP contribution in [-0.4, -0.2) is 35.2 Å². The number of anilines is 1. The first-order valence-corrected chi connectivity index (χ1v) is 6.18. The lowest BCUT2D eigenvalue weighted by Gasteiger charge is -2.38. The topological polar surface area (TPSA) is 64.3 Å². The Morgan fingerprint density at radius 3 is 2.65 bits per heavy atom. The number of ether oxygens (including phenoxy) is 1.